The van der Waals surface area contributed by atoms with E-state index in [4.69, 9.17) is 11.6 Å². The van der Waals surface area contributed by atoms with Gasteiger partial charge in [-0.1, -0.05) is 37.8 Å². The third-order valence-electron chi connectivity index (χ3n) is 4.89. The lowest BCUT2D eigenvalue weighted by Gasteiger charge is -2.39. The van der Waals surface area contributed by atoms with Crippen LogP contribution in [-0.2, 0) is 6.42 Å². The number of unbranched alkanes of at least 4 members (excludes halogenated alkanes) is 1. The van der Waals surface area contributed by atoms with Crippen molar-refractivity contribution in [1.29, 1.82) is 0 Å². The number of aliphatic hydroxyl groups is 1. The average Bonchev–Trinajstić information content (AvgIpc) is 2.49. The molecule has 0 atom stereocenters. The molecule has 1 aromatic rings. The summed E-state index contributed by atoms with van der Waals surface area (Å²) in [5.74, 6) is 0.863. The summed E-state index contributed by atoms with van der Waals surface area (Å²) in [6, 6.07) is 1.99. The smallest absolute Gasteiger partial charge is 0.0621 e. The third-order valence-corrected chi connectivity index (χ3v) is 5.23. The zero-order valence-electron chi connectivity index (χ0n) is 12.4. The summed E-state index contributed by atoms with van der Waals surface area (Å²) in [6.07, 6.45) is 13.1. The Kier molecular flexibility index (Phi) is 5.86. The van der Waals surface area contributed by atoms with Gasteiger partial charge in [-0.05, 0) is 55.1 Å². The van der Waals surface area contributed by atoms with Gasteiger partial charge in [0.05, 0.1) is 5.02 Å². The Labute approximate surface area is 127 Å². The van der Waals surface area contributed by atoms with E-state index >= 15 is 0 Å². The molecule has 0 amide bonds. The maximum Gasteiger partial charge on any atom is 0.0621 e. The molecule has 1 saturated carbocycles. The van der Waals surface area contributed by atoms with Gasteiger partial charge in [0.25, 0.3) is 0 Å². The van der Waals surface area contributed by atoms with Crippen LogP contribution in [0.2, 0.25) is 5.02 Å². The molecule has 1 aromatic heterocycles. The van der Waals surface area contributed by atoms with Crippen molar-refractivity contribution in [2.24, 2.45) is 11.3 Å². The minimum atomic E-state index is 0.0354. The minimum absolute atomic E-state index is 0.0354. The first-order valence-corrected chi connectivity index (χ1v) is 8.26. The zero-order valence-corrected chi connectivity index (χ0v) is 13.2. The van der Waals surface area contributed by atoms with E-state index in [1.54, 1.807) is 12.4 Å². The second kappa shape index (κ2) is 7.42. The predicted molar refractivity (Wildman–Crippen MR) is 84.0 cm³/mol. The normalized spacial score (nSPS) is 26.6. The fourth-order valence-electron chi connectivity index (χ4n) is 3.41. The van der Waals surface area contributed by atoms with Crippen molar-refractivity contribution in [3.63, 3.8) is 0 Å². The van der Waals surface area contributed by atoms with E-state index in [1.807, 2.05) is 6.07 Å². The lowest BCUT2D eigenvalue weighted by Crippen LogP contribution is -2.33. The topological polar surface area (TPSA) is 33.1 Å². The van der Waals surface area contributed by atoms with Crippen molar-refractivity contribution in [3.8, 4) is 0 Å². The highest BCUT2D eigenvalue weighted by Gasteiger charge is 2.35. The maximum absolute atomic E-state index is 9.90. The fraction of sp³-hybridized carbons (Fsp3) is 0.706. The van der Waals surface area contributed by atoms with Crippen LogP contribution in [0.25, 0.3) is 0 Å². The van der Waals surface area contributed by atoms with Gasteiger partial charge in [-0.15, -0.1) is 0 Å². The van der Waals surface area contributed by atoms with Gasteiger partial charge < -0.3 is 5.11 Å². The number of halogens is 1. The summed E-state index contributed by atoms with van der Waals surface area (Å²) in [5, 5.41) is 10.6. The van der Waals surface area contributed by atoms with Crippen LogP contribution in [0.1, 0.15) is 57.4 Å². The number of aromatic nitrogens is 1. The molecule has 0 unspecified atom stereocenters. The Morgan fingerprint density at radius 2 is 2.15 bits per heavy atom. The van der Waals surface area contributed by atoms with Gasteiger partial charge in [-0.3, -0.25) is 4.98 Å². The number of hydrogen-bond donors (Lipinski definition) is 1. The van der Waals surface area contributed by atoms with Gasteiger partial charge in [-0.2, -0.15) is 0 Å². The maximum atomic E-state index is 9.90. The highest BCUT2D eigenvalue weighted by molar-refractivity contribution is 6.31. The van der Waals surface area contributed by atoms with Crippen molar-refractivity contribution < 1.29 is 5.11 Å². The van der Waals surface area contributed by atoms with E-state index in [9.17, 15) is 5.11 Å². The van der Waals surface area contributed by atoms with Gasteiger partial charge in [-0.25, -0.2) is 0 Å². The lowest BCUT2D eigenvalue weighted by atomic mass is 9.67. The Morgan fingerprint density at radius 1 is 1.40 bits per heavy atom. The number of hydrogen-bond acceptors (Lipinski definition) is 2. The molecule has 0 bridgehead atoms. The minimum Gasteiger partial charge on any atom is -0.396 e. The lowest BCUT2D eigenvalue weighted by molar-refractivity contribution is 0.0621. The van der Waals surface area contributed by atoms with Gasteiger partial charge >= 0.3 is 0 Å². The molecule has 1 fully saturated rings. The van der Waals surface area contributed by atoms with E-state index in [1.165, 1.54) is 32.1 Å². The molecular formula is C17H26ClNO. The van der Waals surface area contributed by atoms with Gasteiger partial charge in [0.2, 0.25) is 0 Å². The third kappa shape index (κ3) is 3.95. The van der Waals surface area contributed by atoms with Gasteiger partial charge in [0, 0.05) is 19.0 Å². The molecule has 0 saturated heterocycles. The van der Waals surface area contributed by atoms with E-state index in [-0.39, 0.29) is 12.0 Å². The monoisotopic (exact) mass is 295 g/mol. The summed E-state index contributed by atoms with van der Waals surface area (Å²) in [6.45, 7) is 2.53. The Hall–Kier alpha value is -0.600. The highest BCUT2D eigenvalue weighted by Crippen LogP contribution is 2.43. The van der Waals surface area contributed by atoms with E-state index in [0.29, 0.717) is 0 Å². The molecule has 1 aliphatic rings. The summed E-state index contributed by atoms with van der Waals surface area (Å²) in [4.78, 5) is 4.04. The quantitative estimate of drug-likeness (QED) is 0.829. The number of nitrogens with zero attached hydrogens (tertiary/aromatic N) is 1. The summed E-state index contributed by atoms with van der Waals surface area (Å²) in [5.41, 5.74) is 1.16. The van der Waals surface area contributed by atoms with Crippen LogP contribution in [-0.4, -0.2) is 16.7 Å². The van der Waals surface area contributed by atoms with Gasteiger partial charge in [0.15, 0.2) is 0 Å². The molecule has 0 radical (unpaired) electrons. The Balaban J connectivity index is 1.97. The predicted octanol–water partition coefficient (Wildman–Crippen LogP) is 4.64. The molecule has 2 nitrogen and oxygen atoms in total. The summed E-state index contributed by atoms with van der Waals surface area (Å²) < 4.78 is 0. The second-order valence-electron chi connectivity index (χ2n) is 6.39. The molecule has 1 aliphatic carbocycles. The molecule has 112 valence electrons. The summed E-state index contributed by atoms with van der Waals surface area (Å²) in [7, 11) is 0. The zero-order chi connectivity index (χ0) is 14.4. The molecule has 0 aromatic carbocycles. The Morgan fingerprint density at radius 3 is 2.75 bits per heavy atom. The number of rotatable bonds is 6. The van der Waals surface area contributed by atoms with E-state index in [0.717, 1.165) is 35.8 Å². The van der Waals surface area contributed by atoms with Crippen molar-refractivity contribution in [2.45, 2.75) is 58.3 Å². The van der Waals surface area contributed by atoms with E-state index < -0.39 is 0 Å². The number of aliphatic hydroxyl groups excluding tert-OH is 1. The molecule has 1 N–H and O–H groups in total. The molecule has 0 aliphatic heterocycles. The number of pyridine rings is 1. The molecular weight excluding hydrogens is 270 g/mol. The van der Waals surface area contributed by atoms with Crippen LogP contribution < -0.4 is 0 Å². The standard InChI is InChI=1S/C17H26ClNO/c1-2-3-4-14-5-8-17(13-20,9-6-14)11-15-7-10-19-12-16(15)18/h7,10,12,14,20H,2-6,8-9,11,13H2,1H3. The van der Waals surface area contributed by atoms with Crippen molar-refractivity contribution in [1.82, 2.24) is 4.98 Å². The first-order chi connectivity index (χ1) is 9.69. The first-order valence-electron chi connectivity index (χ1n) is 7.88. The van der Waals surface area contributed by atoms with E-state index in [2.05, 4.69) is 11.9 Å². The van der Waals surface area contributed by atoms with Crippen LogP contribution in [0.3, 0.4) is 0 Å². The first kappa shape index (κ1) is 15.8. The molecule has 20 heavy (non-hydrogen) atoms. The average molecular weight is 296 g/mol. The van der Waals surface area contributed by atoms with Crippen LogP contribution in [0.4, 0.5) is 0 Å². The van der Waals surface area contributed by atoms with Crippen LogP contribution in [0.5, 0.6) is 0 Å². The Bertz CT molecular complexity index is 413. The van der Waals surface area contributed by atoms with Crippen LogP contribution >= 0.6 is 11.6 Å². The molecule has 2 rings (SSSR count). The second-order valence-corrected chi connectivity index (χ2v) is 6.79. The molecule has 0 spiro atoms. The van der Waals surface area contributed by atoms with Crippen LogP contribution in [0.15, 0.2) is 18.5 Å². The van der Waals surface area contributed by atoms with Crippen molar-refractivity contribution in [3.05, 3.63) is 29.0 Å². The van der Waals surface area contributed by atoms with Crippen molar-refractivity contribution >= 4 is 11.6 Å². The van der Waals surface area contributed by atoms with Gasteiger partial charge in [0.1, 0.15) is 0 Å². The fourth-order valence-corrected chi connectivity index (χ4v) is 3.60. The summed E-state index contributed by atoms with van der Waals surface area (Å²) >= 11 is 6.22. The van der Waals surface area contributed by atoms with Crippen LogP contribution in [0, 0.1) is 11.3 Å². The molecule has 3 heteroatoms. The SMILES string of the molecule is CCCCC1CCC(CO)(Cc2ccncc2Cl)CC1. The van der Waals surface area contributed by atoms with Crippen molar-refractivity contribution in [2.75, 3.05) is 6.61 Å². The molecule has 1 heterocycles. The largest absolute Gasteiger partial charge is 0.396 e. The highest BCUT2D eigenvalue weighted by atomic mass is 35.5.